The lowest BCUT2D eigenvalue weighted by Crippen LogP contribution is -2.47. The third-order valence-corrected chi connectivity index (χ3v) is 5.13. The van der Waals surface area contributed by atoms with Crippen LogP contribution in [0.5, 0.6) is 0 Å². The Morgan fingerprint density at radius 2 is 2.21 bits per heavy atom. The normalized spacial score (nSPS) is 23.9. The first-order valence-electron chi connectivity index (χ1n) is 9.10. The average molecular weight is 331 g/mol. The first-order valence-corrected chi connectivity index (χ1v) is 9.10. The molecular weight excluding hydrogens is 302 g/mol. The van der Waals surface area contributed by atoms with E-state index in [1.807, 2.05) is 4.90 Å². The molecule has 0 saturated carbocycles. The van der Waals surface area contributed by atoms with Crippen molar-refractivity contribution in [3.63, 3.8) is 0 Å². The SMILES string of the molecule is CC[C@H]1CN(C)c2ccccc2CN1C(=O)CNC[C@H]1CCCO1. The van der Waals surface area contributed by atoms with Gasteiger partial charge >= 0.3 is 0 Å². The minimum atomic E-state index is 0.185. The van der Waals surface area contributed by atoms with E-state index in [2.05, 4.69) is 48.5 Å². The van der Waals surface area contributed by atoms with Crippen LogP contribution in [0.1, 0.15) is 31.7 Å². The Bertz CT molecular complexity index is 557. The van der Waals surface area contributed by atoms with Crippen molar-refractivity contribution in [3.05, 3.63) is 29.8 Å². The highest BCUT2D eigenvalue weighted by Gasteiger charge is 2.28. The molecule has 0 radical (unpaired) electrons. The van der Waals surface area contributed by atoms with Gasteiger partial charge in [0.15, 0.2) is 0 Å². The summed E-state index contributed by atoms with van der Waals surface area (Å²) in [5.41, 5.74) is 2.46. The number of carbonyl (C=O) groups is 1. The van der Waals surface area contributed by atoms with Gasteiger partial charge in [-0.15, -0.1) is 0 Å². The molecule has 1 amide bonds. The van der Waals surface area contributed by atoms with Crippen LogP contribution in [0, 0.1) is 0 Å². The first kappa shape index (κ1) is 17.2. The van der Waals surface area contributed by atoms with E-state index >= 15 is 0 Å². The van der Waals surface area contributed by atoms with Crippen LogP contribution >= 0.6 is 0 Å². The number of amides is 1. The van der Waals surface area contributed by atoms with Gasteiger partial charge in [-0.2, -0.15) is 0 Å². The highest BCUT2D eigenvalue weighted by Crippen LogP contribution is 2.27. The summed E-state index contributed by atoms with van der Waals surface area (Å²) >= 11 is 0. The highest BCUT2D eigenvalue weighted by molar-refractivity contribution is 5.79. The number of hydrogen-bond donors (Lipinski definition) is 1. The van der Waals surface area contributed by atoms with Gasteiger partial charge < -0.3 is 19.9 Å². The predicted molar refractivity (Wildman–Crippen MR) is 96.2 cm³/mol. The summed E-state index contributed by atoms with van der Waals surface area (Å²) in [7, 11) is 2.12. The average Bonchev–Trinajstić information content (AvgIpc) is 3.06. The zero-order valence-corrected chi connectivity index (χ0v) is 14.8. The van der Waals surface area contributed by atoms with Crippen molar-refractivity contribution < 1.29 is 9.53 Å². The second kappa shape index (κ2) is 7.99. The molecule has 2 aliphatic rings. The van der Waals surface area contributed by atoms with E-state index < -0.39 is 0 Å². The van der Waals surface area contributed by atoms with Crippen LogP contribution < -0.4 is 10.2 Å². The zero-order valence-electron chi connectivity index (χ0n) is 14.8. The van der Waals surface area contributed by atoms with E-state index in [0.717, 1.165) is 39.0 Å². The summed E-state index contributed by atoms with van der Waals surface area (Å²) < 4.78 is 5.61. The van der Waals surface area contributed by atoms with Crippen LogP contribution in [0.15, 0.2) is 24.3 Å². The molecule has 1 N–H and O–H groups in total. The Labute approximate surface area is 145 Å². The monoisotopic (exact) mass is 331 g/mol. The van der Waals surface area contributed by atoms with Crippen molar-refractivity contribution >= 4 is 11.6 Å². The molecule has 0 aromatic heterocycles. The molecule has 2 aliphatic heterocycles. The van der Waals surface area contributed by atoms with Crippen LogP contribution in [-0.2, 0) is 16.1 Å². The summed E-state index contributed by atoms with van der Waals surface area (Å²) in [6, 6.07) is 8.64. The molecule has 0 spiro atoms. The molecule has 1 aromatic rings. The van der Waals surface area contributed by atoms with Crippen LogP contribution in [0.3, 0.4) is 0 Å². The third-order valence-electron chi connectivity index (χ3n) is 5.13. The van der Waals surface area contributed by atoms with Gasteiger partial charge in [0.2, 0.25) is 5.91 Å². The molecule has 2 heterocycles. The van der Waals surface area contributed by atoms with Gasteiger partial charge in [-0.1, -0.05) is 25.1 Å². The van der Waals surface area contributed by atoms with Gasteiger partial charge in [0.05, 0.1) is 12.6 Å². The maximum Gasteiger partial charge on any atom is 0.237 e. The quantitative estimate of drug-likeness (QED) is 0.896. The second-order valence-electron chi connectivity index (χ2n) is 6.86. The number of ether oxygens (including phenoxy) is 1. The molecular formula is C19H29N3O2. The molecule has 1 fully saturated rings. The standard InChI is InChI=1S/C19H29N3O2/c1-3-16-14-21(2)18-9-5-4-7-15(18)13-22(16)19(23)12-20-11-17-8-6-10-24-17/h4-5,7,9,16-17,20H,3,6,8,10-14H2,1-2H3/t16-,17+/m0/s1. The fourth-order valence-corrected chi connectivity index (χ4v) is 3.73. The predicted octanol–water partition coefficient (Wildman–Crippen LogP) is 2.01. The summed E-state index contributed by atoms with van der Waals surface area (Å²) in [6.45, 7) is 5.75. The van der Waals surface area contributed by atoms with Crippen molar-refractivity contribution in [2.45, 2.75) is 44.9 Å². The van der Waals surface area contributed by atoms with Crippen LogP contribution in [0.4, 0.5) is 5.69 Å². The number of likely N-dealkylation sites (N-methyl/N-ethyl adjacent to an activating group) is 1. The van der Waals surface area contributed by atoms with Gasteiger partial charge in [-0.3, -0.25) is 4.79 Å². The molecule has 132 valence electrons. The van der Waals surface area contributed by atoms with E-state index in [1.54, 1.807) is 0 Å². The fourth-order valence-electron chi connectivity index (χ4n) is 3.73. The fraction of sp³-hybridized carbons (Fsp3) is 0.632. The van der Waals surface area contributed by atoms with Crippen molar-refractivity contribution in [2.75, 3.05) is 38.2 Å². The number of anilines is 1. The molecule has 1 aromatic carbocycles. The number of nitrogens with zero attached hydrogens (tertiary/aromatic N) is 2. The molecule has 5 nitrogen and oxygen atoms in total. The molecule has 5 heteroatoms. The lowest BCUT2D eigenvalue weighted by molar-refractivity contribution is -0.133. The molecule has 1 saturated heterocycles. The Morgan fingerprint density at radius 1 is 1.38 bits per heavy atom. The minimum absolute atomic E-state index is 0.185. The topological polar surface area (TPSA) is 44.8 Å². The smallest absolute Gasteiger partial charge is 0.237 e. The molecule has 0 aliphatic carbocycles. The van der Waals surface area contributed by atoms with Crippen LogP contribution in [0.25, 0.3) is 0 Å². The molecule has 24 heavy (non-hydrogen) atoms. The van der Waals surface area contributed by atoms with Gasteiger partial charge in [-0.05, 0) is 30.9 Å². The minimum Gasteiger partial charge on any atom is -0.377 e. The van der Waals surface area contributed by atoms with Gasteiger partial charge in [0, 0.05) is 45.0 Å². The molecule has 3 rings (SSSR count). The largest absolute Gasteiger partial charge is 0.377 e. The Kier molecular flexibility index (Phi) is 5.74. The second-order valence-corrected chi connectivity index (χ2v) is 6.86. The number of carbonyl (C=O) groups excluding carboxylic acids is 1. The number of fused-ring (bicyclic) bond motifs is 1. The lowest BCUT2D eigenvalue weighted by atomic mass is 10.1. The van der Waals surface area contributed by atoms with Crippen molar-refractivity contribution in [3.8, 4) is 0 Å². The Hall–Kier alpha value is -1.59. The summed E-state index contributed by atoms with van der Waals surface area (Å²) in [4.78, 5) is 17.1. The number of para-hydroxylation sites is 1. The van der Waals surface area contributed by atoms with E-state index in [-0.39, 0.29) is 18.1 Å². The van der Waals surface area contributed by atoms with Crippen molar-refractivity contribution in [1.82, 2.24) is 10.2 Å². The van der Waals surface area contributed by atoms with E-state index in [1.165, 1.54) is 11.3 Å². The number of hydrogen-bond acceptors (Lipinski definition) is 4. The van der Waals surface area contributed by atoms with Gasteiger partial charge in [-0.25, -0.2) is 0 Å². The maximum absolute atomic E-state index is 12.8. The summed E-state index contributed by atoms with van der Waals surface area (Å²) in [6.07, 6.45) is 3.47. The Morgan fingerprint density at radius 3 is 2.96 bits per heavy atom. The van der Waals surface area contributed by atoms with Crippen LogP contribution in [0.2, 0.25) is 0 Å². The summed E-state index contributed by atoms with van der Waals surface area (Å²) in [5.74, 6) is 0.185. The van der Waals surface area contributed by atoms with Gasteiger partial charge in [0.1, 0.15) is 0 Å². The third kappa shape index (κ3) is 3.90. The maximum atomic E-state index is 12.8. The molecule has 0 bridgehead atoms. The number of nitrogens with one attached hydrogen (secondary N) is 1. The van der Waals surface area contributed by atoms with E-state index in [4.69, 9.17) is 4.74 Å². The number of benzene rings is 1. The molecule has 0 unspecified atom stereocenters. The number of rotatable bonds is 5. The Balaban J connectivity index is 1.64. The lowest BCUT2D eigenvalue weighted by Gasteiger charge is -2.31. The van der Waals surface area contributed by atoms with E-state index in [0.29, 0.717) is 13.1 Å². The summed E-state index contributed by atoms with van der Waals surface area (Å²) in [5, 5.41) is 3.29. The van der Waals surface area contributed by atoms with Gasteiger partial charge in [0.25, 0.3) is 0 Å². The molecule has 2 atom stereocenters. The van der Waals surface area contributed by atoms with Crippen LogP contribution in [-0.4, -0.2) is 56.2 Å². The zero-order chi connectivity index (χ0) is 16.9. The van der Waals surface area contributed by atoms with E-state index in [9.17, 15) is 4.79 Å². The highest BCUT2D eigenvalue weighted by atomic mass is 16.5. The van der Waals surface area contributed by atoms with Crippen molar-refractivity contribution in [2.24, 2.45) is 0 Å². The first-order chi connectivity index (χ1) is 11.7. The van der Waals surface area contributed by atoms with Crippen molar-refractivity contribution in [1.29, 1.82) is 0 Å².